The van der Waals surface area contributed by atoms with Gasteiger partial charge in [0.05, 0.1) is 12.0 Å². The minimum absolute atomic E-state index is 0.431. The van der Waals surface area contributed by atoms with Gasteiger partial charge in [0.15, 0.2) is 0 Å². The summed E-state index contributed by atoms with van der Waals surface area (Å²) in [6.07, 6.45) is 7.62. The number of thiophene rings is 1. The lowest BCUT2D eigenvalue weighted by atomic mass is 9.97. The Morgan fingerprint density at radius 1 is 1.32 bits per heavy atom. The molecular weight excluding hydrogens is 374 g/mol. The smallest absolute Gasteiger partial charge is 0.293 e. The standard InChI is InChI=1S/C17H17N5S.C3H6O2/c18-8-10-7-11(5-6-13(10)19)22-16-15-12-3-1-2-4-14(12)23-17(15)21-9-20-16;1-2-5-3-4/h5-9,18H,1-4,19H2,(H,20,21,22);3H,2H2,1H3. The van der Waals surface area contributed by atoms with Gasteiger partial charge in [-0.05, 0) is 56.4 Å². The summed E-state index contributed by atoms with van der Waals surface area (Å²) in [5.41, 5.74) is 9.45. The lowest BCUT2D eigenvalue weighted by Crippen LogP contribution is -2.01. The van der Waals surface area contributed by atoms with Crippen LogP contribution in [0, 0.1) is 5.41 Å². The Morgan fingerprint density at radius 2 is 2.14 bits per heavy atom. The normalized spacial score (nSPS) is 12.5. The lowest BCUT2D eigenvalue weighted by molar-refractivity contribution is -0.128. The number of aryl methyl sites for hydroxylation is 2. The number of hydrogen-bond donors (Lipinski definition) is 3. The van der Waals surface area contributed by atoms with Crippen molar-refractivity contribution in [2.75, 3.05) is 17.7 Å². The maximum Gasteiger partial charge on any atom is 0.293 e. The molecule has 0 spiro atoms. The molecule has 0 atom stereocenters. The maximum atomic E-state index is 9.18. The molecule has 7 nitrogen and oxygen atoms in total. The lowest BCUT2D eigenvalue weighted by Gasteiger charge is -2.13. The molecule has 0 saturated heterocycles. The number of ether oxygens (including phenoxy) is 1. The fourth-order valence-electron chi connectivity index (χ4n) is 3.17. The number of nitrogens with one attached hydrogen (secondary N) is 2. The van der Waals surface area contributed by atoms with Gasteiger partial charge in [0.1, 0.15) is 17.0 Å². The second kappa shape index (κ2) is 9.27. The van der Waals surface area contributed by atoms with Gasteiger partial charge in [0.25, 0.3) is 6.47 Å². The fraction of sp³-hybridized carbons (Fsp3) is 0.300. The molecule has 1 aliphatic rings. The van der Waals surface area contributed by atoms with Gasteiger partial charge in [-0.1, -0.05) is 0 Å². The molecule has 1 aliphatic carbocycles. The number of fused-ring (bicyclic) bond motifs is 3. The van der Waals surface area contributed by atoms with Crippen molar-refractivity contribution < 1.29 is 9.53 Å². The molecule has 0 amide bonds. The van der Waals surface area contributed by atoms with Gasteiger partial charge >= 0.3 is 0 Å². The molecule has 0 bridgehead atoms. The Bertz CT molecular complexity index is 986. The van der Waals surface area contributed by atoms with Crippen molar-refractivity contribution in [1.29, 1.82) is 5.41 Å². The first-order chi connectivity index (χ1) is 13.7. The SMILES string of the molecule is CCOC=O.N=Cc1cc(Nc2ncnc3sc4c(c23)CCCC4)ccc1N. The monoisotopic (exact) mass is 397 g/mol. The Labute approximate surface area is 167 Å². The van der Waals surface area contributed by atoms with Crippen molar-refractivity contribution >= 4 is 51.4 Å². The van der Waals surface area contributed by atoms with Gasteiger partial charge in [-0.3, -0.25) is 4.79 Å². The Hall–Kier alpha value is -3.00. The summed E-state index contributed by atoms with van der Waals surface area (Å²) in [4.78, 5) is 20.6. The third kappa shape index (κ3) is 4.28. The Balaban J connectivity index is 0.000000403. The molecule has 3 aromatic rings. The van der Waals surface area contributed by atoms with Gasteiger partial charge in [0, 0.05) is 28.0 Å². The topological polar surface area (TPSA) is 114 Å². The summed E-state index contributed by atoms with van der Waals surface area (Å²) >= 11 is 1.79. The summed E-state index contributed by atoms with van der Waals surface area (Å²) in [5, 5.41) is 12.0. The van der Waals surface area contributed by atoms with Crippen LogP contribution in [0.5, 0.6) is 0 Å². The number of carbonyl (C=O) groups excluding carboxylic acids is 1. The molecule has 1 aromatic carbocycles. The molecule has 0 radical (unpaired) electrons. The zero-order chi connectivity index (χ0) is 19.9. The average molecular weight is 398 g/mol. The van der Waals surface area contributed by atoms with E-state index in [0.717, 1.165) is 34.6 Å². The number of aromatic nitrogens is 2. The van der Waals surface area contributed by atoms with Crippen molar-refractivity contribution in [3.63, 3.8) is 0 Å². The largest absolute Gasteiger partial charge is 0.468 e. The van der Waals surface area contributed by atoms with E-state index in [-0.39, 0.29) is 0 Å². The number of rotatable bonds is 5. The van der Waals surface area contributed by atoms with E-state index in [2.05, 4.69) is 20.0 Å². The van der Waals surface area contributed by atoms with Crippen LogP contribution in [-0.2, 0) is 22.4 Å². The highest BCUT2D eigenvalue weighted by Crippen LogP contribution is 2.38. The molecule has 28 heavy (non-hydrogen) atoms. The van der Waals surface area contributed by atoms with Crippen LogP contribution in [0.1, 0.15) is 35.8 Å². The van der Waals surface area contributed by atoms with Gasteiger partial charge in [-0.15, -0.1) is 11.3 Å². The predicted octanol–water partition coefficient (Wildman–Crippen LogP) is 4.07. The average Bonchev–Trinajstić information content (AvgIpc) is 3.10. The molecule has 2 heterocycles. The third-order valence-corrected chi connectivity index (χ3v) is 5.69. The van der Waals surface area contributed by atoms with E-state index >= 15 is 0 Å². The molecular formula is C20H23N5O2S. The highest BCUT2D eigenvalue weighted by molar-refractivity contribution is 7.19. The number of nitrogen functional groups attached to an aromatic ring is 1. The van der Waals surface area contributed by atoms with E-state index in [9.17, 15) is 4.79 Å². The number of nitrogens with two attached hydrogens (primary N) is 1. The molecule has 0 aliphatic heterocycles. The zero-order valence-electron chi connectivity index (χ0n) is 15.7. The fourth-order valence-corrected chi connectivity index (χ4v) is 4.40. The van der Waals surface area contributed by atoms with Gasteiger partial charge in [-0.25, -0.2) is 9.97 Å². The van der Waals surface area contributed by atoms with Crippen molar-refractivity contribution in [3.05, 3.63) is 40.5 Å². The minimum atomic E-state index is 0.431. The minimum Gasteiger partial charge on any atom is -0.468 e. The number of carbonyl (C=O) groups is 1. The number of hydrogen-bond acceptors (Lipinski definition) is 8. The Kier molecular flexibility index (Phi) is 6.54. The van der Waals surface area contributed by atoms with Gasteiger partial charge < -0.3 is 21.2 Å². The molecule has 0 saturated carbocycles. The van der Waals surface area contributed by atoms with E-state index in [1.807, 2.05) is 18.2 Å². The van der Waals surface area contributed by atoms with E-state index in [1.54, 1.807) is 24.6 Å². The molecule has 146 valence electrons. The summed E-state index contributed by atoms with van der Waals surface area (Å²) in [6.45, 7) is 2.66. The van der Waals surface area contributed by atoms with Gasteiger partial charge in [-0.2, -0.15) is 0 Å². The highest BCUT2D eigenvalue weighted by Gasteiger charge is 2.19. The zero-order valence-corrected chi connectivity index (χ0v) is 16.5. The Morgan fingerprint density at radius 3 is 2.86 bits per heavy atom. The van der Waals surface area contributed by atoms with Gasteiger partial charge in [0.2, 0.25) is 0 Å². The first-order valence-corrected chi connectivity index (χ1v) is 9.97. The molecule has 2 aromatic heterocycles. The van der Waals surface area contributed by atoms with Crippen LogP contribution < -0.4 is 11.1 Å². The second-order valence-corrected chi connectivity index (χ2v) is 7.36. The summed E-state index contributed by atoms with van der Waals surface area (Å²) in [7, 11) is 0. The second-order valence-electron chi connectivity index (χ2n) is 6.28. The van der Waals surface area contributed by atoms with Crippen LogP contribution >= 0.6 is 11.3 Å². The molecule has 8 heteroatoms. The van der Waals surface area contributed by atoms with Crippen LogP contribution in [0.3, 0.4) is 0 Å². The molecule has 0 fully saturated rings. The van der Waals surface area contributed by atoms with Crippen molar-refractivity contribution in [3.8, 4) is 0 Å². The molecule has 4 N–H and O–H groups in total. The van der Waals surface area contributed by atoms with Crippen LogP contribution in [0.15, 0.2) is 24.5 Å². The number of anilines is 3. The quantitative estimate of drug-likeness (QED) is 0.340. The predicted molar refractivity (Wildman–Crippen MR) is 114 cm³/mol. The van der Waals surface area contributed by atoms with Crippen molar-refractivity contribution in [1.82, 2.24) is 9.97 Å². The highest BCUT2D eigenvalue weighted by atomic mass is 32.1. The number of benzene rings is 1. The molecule has 4 rings (SSSR count). The van der Waals surface area contributed by atoms with Crippen LogP contribution in [-0.4, -0.2) is 29.3 Å². The summed E-state index contributed by atoms with van der Waals surface area (Å²) in [5.74, 6) is 0.843. The maximum absolute atomic E-state index is 9.18. The van der Waals surface area contributed by atoms with Crippen molar-refractivity contribution in [2.45, 2.75) is 32.6 Å². The van der Waals surface area contributed by atoms with Crippen LogP contribution in [0.4, 0.5) is 17.2 Å². The van der Waals surface area contributed by atoms with E-state index in [1.165, 1.54) is 29.5 Å². The van der Waals surface area contributed by atoms with E-state index in [4.69, 9.17) is 11.1 Å². The van der Waals surface area contributed by atoms with Crippen LogP contribution in [0.25, 0.3) is 10.2 Å². The van der Waals surface area contributed by atoms with Crippen molar-refractivity contribution in [2.24, 2.45) is 0 Å². The number of nitrogens with zero attached hydrogens (tertiary/aromatic N) is 2. The molecule has 0 unspecified atom stereocenters. The van der Waals surface area contributed by atoms with E-state index < -0.39 is 0 Å². The summed E-state index contributed by atoms with van der Waals surface area (Å²) in [6, 6.07) is 5.59. The first kappa shape index (κ1) is 19.8. The third-order valence-electron chi connectivity index (χ3n) is 4.49. The summed E-state index contributed by atoms with van der Waals surface area (Å²) < 4.78 is 4.15. The first-order valence-electron chi connectivity index (χ1n) is 9.15. The van der Waals surface area contributed by atoms with E-state index in [0.29, 0.717) is 24.3 Å². The van der Waals surface area contributed by atoms with Crippen LogP contribution in [0.2, 0.25) is 0 Å².